The molecule has 0 bridgehead atoms. The van der Waals surface area contributed by atoms with E-state index in [1.165, 1.54) is 18.4 Å². The van der Waals surface area contributed by atoms with Gasteiger partial charge in [-0.3, -0.25) is 0 Å². The van der Waals surface area contributed by atoms with Gasteiger partial charge in [-0.05, 0) is 45.1 Å². The fourth-order valence-corrected chi connectivity index (χ4v) is 2.26. The van der Waals surface area contributed by atoms with Crippen LogP contribution in [0.5, 0.6) is 0 Å². The highest BCUT2D eigenvalue weighted by molar-refractivity contribution is 5.68. The van der Waals surface area contributed by atoms with Crippen LogP contribution in [0.4, 0.5) is 4.79 Å². The highest BCUT2D eigenvalue weighted by Crippen LogP contribution is 2.32. The Bertz CT molecular complexity index is 450. The van der Waals surface area contributed by atoms with Gasteiger partial charge in [0.05, 0.1) is 0 Å². The Kier molecular flexibility index (Phi) is 5.23. The molecule has 2 N–H and O–H groups in total. The van der Waals surface area contributed by atoms with Gasteiger partial charge in [-0.15, -0.1) is 0 Å². The molecule has 0 aromatic heterocycles. The van der Waals surface area contributed by atoms with E-state index in [1.54, 1.807) is 0 Å². The monoisotopic (exact) mass is 290 g/mol. The van der Waals surface area contributed by atoms with Crippen molar-refractivity contribution in [2.45, 2.75) is 51.8 Å². The second-order valence-corrected chi connectivity index (χ2v) is 6.71. The van der Waals surface area contributed by atoms with Gasteiger partial charge < -0.3 is 15.4 Å². The molecule has 0 heterocycles. The molecular weight excluding hydrogens is 264 g/mol. The van der Waals surface area contributed by atoms with Crippen molar-refractivity contribution >= 4 is 6.09 Å². The predicted molar refractivity (Wildman–Crippen MR) is 84.0 cm³/mol. The quantitative estimate of drug-likeness (QED) is 0.846. The van der Waals surface area contributed by atoms with Gasteiger partial charge in [-0.2, -0.15) is 0 Å². The smallest absolute Gasteiger partial charge is 0.407 e. The highest BCUT2D eigenvalue weighted by Gasteiger charge is 2.33. The Morgan fingerprint density at radius 1 is 1.29 bits per heavy atom. The largest absolute Gasteiger partial charge is 0.444 e. The number of ether oxygens (including phenoxy) is 1. The lowest BCUT2D eigenvalue weighted by Crippen LogP contribution is -2.45. The second-order valence-electron chi connectivity index (χ2n) is 6.71. The van der Waals surface area contributed by atoms with Crippen molar-refractivity contribution in [2.24, 2.45) is 5.92 Å². The van der Waals surface area contributed by atoms with Crippen LogP contribution >= 0.6 is 0 Å². The van der Waals surface area contributed by atoms with Crippen molar-refractivity contribution < 1.29 is 9.53 Å². The van der Waals surface area contributed by atoms with E-state index in [2.05, 4.69) is 22.8 Å². The van der Waals surface area contributed by atoms with Crippen LogP contribution in [0.3, 0.4) is 0 Å². The molecule has 1 atom stereocenters. The summed E-state index contributed by atoms with van der Waals surface area (Å²) in [7, 11) is 0. The van der Waals surface area contributed by atoms with Gasteiger partial charge in [0.1, 0.15) is 5.60 Å². The van der Waals surface area contributed by atoms with E-state index < -0.39 is 5.60 Å². The third kappa shape index (κ3) is 6.17. The Hall–Kier alpha value is -1.55. The average molecular weight is 290 g/mol. The van der Waals surface area contributed by atoms with Gasteiger partial charge in [0.2, 0.25) is 0 Å². The fourth-order valence-electron chi connectivity index (χ4n) is 2.26. The number of amides is 1. The molecule has 0 spiro atoms. The molecule has 1 aromatic carbocycles. The van der Waals surface area contributed by atoms with Gasteiger partial charge in [0.15, 0.2) is 0 Å². The minimum atomic E-state index is -0.449. The fraction of sp³-hybridized carbons (Fsp3) is 0.588. The summed E-state index contributed by atoms with van der Waals surface area (Å²) in [6.45, 7) is 7.24. The normalized spacial score (nSPS) is 16.3. The Morgan fingerprint density at radius 2 is 1.95 bits per heavy atom. The maximum Gasteiger partial charge on any atom is 0.407 e. The first-order valence-electron chi connectivity index (χ1n) is 7.68. The van der Waals surface area contributed by atoms with Crippen LogP contribution in [-0.2, 0) is 11.3 Å². The molecule has 4 heteroatoms. The van der Waals surface area contributed by atoms with Gasteiger partial charge in [-0.1, -0.05) is 30.3 Å². The Morgan fingerprint density at radius 3 is 2.52 bits per heavy atom. The number of hydrogen-bond acceptors (Lipinski definition) is 3. The first kappa shape index (κ1) is 15.8. The zero-order valence-corrected chi connectivity index (χ0v) is 13.2. The number of benzene rings is 1. The van der Waals surface area contributed by atoms with Gasteiger partial charge in [0, 0.05) is 19.1 Å². The maximum absolute atomic E-state index is 11.9. The maximum atomic E-state index is 11.9. The van der Waals surface area contributed by atoms with E-state index >= 15 is 0 Å². The molecule has 1 amide bonds. The number of alkyl carbamates (subject to hydrolysis) is 1. The lowest BCUT2D eigenvalue weighted by atomic mass is 10.1. The third-order valence-corrected chi connectivity index (χ3v) is 3.43. The second kappa shape index (κ2) is 6.94. The van der Waals surface area contributed by atoms with E-state index in [1.807, 2.05) is 39.0 Å². The van der Waals surface area contributed by atoms with Crippen molar-refractivity contribution in [1.82, 2.24) is 10.6 Å². The molecule has 1 aliphatic rings. The number of nitrogens with one attached hydrogen (secondary N) is 2. The standard InChI is InChI=1S/C17H26N2O2/c1-17(2,3)21-16(20)19-15(14-9-10-14)12-18-11-13-7-5-4-6-8-13/h4-8,14-15,18H,9-12H2,1-3H3,(H,19,20). The summed E-state index contributed by atoms with van der Waals surface area (Å²) in [6.07, 6.45) is 2.06. The van der Waals surface area contributed by atoms with E-state index in [9.17, 15) is 4.79 Å². The number of rotatable bonds is 6. The summed E-state index contributed by atoms with van der Waals surface area (Å²) < 4.78 is 5.33. The van der Waals surface area contributed by atoms with Crippen LogP contribution in [0.1, 0.15) is 39.2 Å². The van der Waals surface area contributed by atoms with Crippen molar-refractivity contribution in [1.29, 1.82) is 0 Å². The average Bonchev–Trinajstić information content (AvgIpc) is 3.21. The predicted octanol–water partition coefficient (Wildman–Crippen LogP) is 3.08. The van der Waals surface area contributed by atoms with Crippen LogP contribution < -0.4 is 10.6 Å². The number of hydrogen-bond donors (Lipinski definition) is 2. The van der Waals surface area contributed by atoms with Crippen molar-refractivity contribution in [3.63, 3.8) is 0 Å². The molecule has 0 aliphatic heterocycles. The third-order valence-electron chi connectivity index (χ3n) is 3.43. The van der Waals surface area contributed by atoms with Gasteiger partial charge in [-0.25, -0.2) is 4.79 Å². The zero-order valence-electron chi connectivity index (χ0n) is 13.2. The molecule has 0 saturated heterocycles. The molecule has 1 aliphatic carbocycles. The molecule has 21 heavy (non-hydrogen) atoms. The van der Waals surface area contributed by atoms with E-state index in [0.29, 0.717) is 5.92 Å². The minimum Gasteiger partial charge on any atom is -0.444 e. The summed E-state index contributed by atoms with van der Waals surface area (Å²) in [5.41, 5.74) is 0.805. The summed E-state index contributed by atoms with van der Waals surface area (Å²) in [5, 5.41) is 6.42. The summed E-state index contributed by atoms with van der Waals surface area (Å²) in [5.74, 6) is 0.584. The molecule has 1 unspecified atom stereocenters. The first-order valence-corrected chi connectivity index (χ1v) is 7.68. The SMILES string of the molecule is CC(C)(C)OC(=O)NC(CNCc1ccccc1)C1CC1. The van der Waals surface area contributed by atoms with Gasteiger partial charge in [0.25, 0.3) is 0 Å². The summed E-state index contributed by atoms with van der Waals surface area (Å²) in [4.78, 5) is 11.9. The van der Waals surface area contributed by atoms with Crippen molar-refractivity contribution in [2.75, 3.05) is 6.54 Å². The van der Waals surface area contributed by atoms with Crippen molar-refractivity contribution in [3.8, 4) is 0 Å². The first-order chi connectivity index (χ1) is 9.94. The molecule has 0 radical (unpaired) electrons. The molecule has 1 saturated carbocycles. The zero-order chi connectivity index (χ0) is 15.3. The van der Waals surface area contributed by atoms with Crippen LogP contribution in [-0.4, -0.2) is 24.3 Å². The Balaban J connectivity index is 1.76. The molecule has 116 valence electrons. The molecule has 1 fully saturated rings. The molecule has 4 nitrogen and oxygen atoms in total. The van der Waals surface area contributed by atoms with Gasteiger partial charge >= 0.3 is 6.09 Å². The summed E-state index contributed by atoms with van der Waals surface area (Å²) >= 11 is 0. The molecular formula is C17H26N2O2. The van der Waals surface area contributed by atoms with Crippen LogP contribution in [0.25, 0.3) is 0 Å². The highest BCUT2D eigenvalue weighted by atomic mass is 16.6. The van der Waals surface area contributed by atoms with E-state index in [-0.39, 0.29) is 12.1 Å². The lowest BCUT2D eigenvalue weighted by Gasteiger charge is -2.24. The minimum absolute atomic E-state index is 0.156. The van der Waals surface area contributed by atoms with Crippen LogP contribution in [0.15, 0.2) is 30.3 Å². The van der Waals surface area contributed by atoms with E-state index in [4.69, 9.17) is 4.74 Å². The lowest BCUT2D eigenvalue weighted by molar-refractivity contribution is 0.0497. The van der Waals surface area contributed by atoms with Crippen molar-refractivity contribution in [3.05, 3.63) is 35.9 Å². The van der Waals surface area contributed by atoms with Crippen LogP contribution in [0.2, 0.25) is 0 Å². The molecule has 2 rings (SSSR count). The Labute approximate surface area is 127 Å². The van der Waals surface area contributed by atoms with E-state index in [0.717, 1.165) is 13.1 Å². The topological polar surface area (TPSA) is 50.4 Å². The number of carbonyl (C=O) groups is 1. The summed E-state index contributed by atoms with van der Waals surface area (Å²) in [6, 6.07) is 10.4. The number of carbonyl (C=O) groups excluding carboxylic acids is 1. The van der Waals surface area contributed by atoms with Crippen LogP contribution in [0, 0.1) is 5.92 Å². The molecule has 1 aromatic rings.